The average Bonchev–Trinajstić information content (AvgIpc) is 3.33. The number of nitrogens with zero attached hydrogens (tertiary/aromatic N) is 2. The number of carbonyl (C=O) groups is 4. The molecule has 1 aromatic heterocycles. The monoisotopic (exact) mass is 449 g/mol. The van der Waals surface area contributed by atoms with E-state index in [1.165, 1.54) is 12.3 Å². The van der Waals surface area contributed by atoms with E-state index in [9.17, 15) is 19.2 Å². The third-order valence-corrected chi connectivity index (χ3v) is 6.03. The number of rotatable bonds is 9. The van der Waals surface area contributed by atoms with E-state index < -0.39 is 30.4 Å². The van der Waals surface area contributed by atoms with Gasteiger partial charge in [0.25, 0.3) is 5.91 Å². The van der Waals surface area contributed by atoms with Crippen molar-refractivity contribution in [1.29, 1.82) is 0 Å². The molecule has 2 fully saturated rings. The first kappa shape index (κ1) is 23.7. The lowest BCUT2D eigenvalue weighted by atomic mass is 9.92. The number of aliphatic carboxylic acids is 1. The summed E-state index contributed by atoms with van der Waals surface area (Å²) in [6.07, 6.45) is 4.51. The van der Waals surface area contributed by atoms with Crippen LogP contribution >= 0.6 is 0 Å². The Kier molecular flexibility index (Phi) is 8.60. The molecule has 32 heavy (non-hydrogen) atoms. The van der Waals surface area contributed by atoms with Crippen LogP contribution in [0, 0.1) is 11.8 Å². The fourth-order valence-electron chi connectivity index (χ4n) is 4.24. The Morgan fingerprint density at radius 3 is 2.69 bits per heavy atom. The molecule has 11 heteroatoms. The number of hydrogen-bond donors (Lipinski definition) is 4. The van der Waals surface area contributed by atoms with E-state index in [-0.39, 0.29) is 17.6 Å². The van der Waals surface area contributed by atoms with Crippen LogP contribution in [0.5, 0.6) is 0 Å². The number of hydrogen-bond acceptors (Lipinski definition) is 7. The topological polar surface area (TPSA) is 154 Å². The minimum Gasteiger partial charge on any atom is -0.481 e. The van der Waals surface area contributed by atoms with Gasteiger partial charge in [0, 0.05) is 25.6 Å². The smallest absolute Gasteiger partial charge is 0.307 e. The van der Waals surface area contributed by atoms with E-state index >= 15 is 0 Å². The van der Waals surface area contributed by atoms with Crippen LogP contribution in [0.25, 0.3) is 0 Å². The summed E-state index contributed by atoms with van der Waals surface area (Å²) in [5, 5.41) is 20.9. The van der Waals surface area contributed by atoms with Crippen LogP contribution in [-0.4, -0.2) is 71.2 Å². The highest BCUT2D eigenvalue weighted by Crippen LogP contribution is 2.21. The summed E-state index contributed by atoms with van der Waals surface area (Å²) < 4.78 is 4.76. The molecule has 3 rings (SSSR count). The van der Waals surface area contributed by atoms with Gasteiger partial charge in [-0.3, -0.25) is 19.2 Å². The Hall–Kier alpha value is -2.95. The molecule has 2 aliphatic heterocycles. The highest BCUT2D eigenvalue weighted by atomic mass is 16.5. The molecule has 3 heterocycles. The van der Waals surface area contributed by atoms with Gasteiger partial charge in [0.1, 0.15) is 6.17 Å². The van der Waals surface area contributed by atoms with Gasteiger partial charge in [-0.15, -0.1) is 0 Å². The van der Waals surface area contributed by atoms with Crippen molar-refractivity contribution in [2.24, 2.45) is 11.8 Å². The van der Waals surface area contributed by atoms with Crippen LogP contribution in [0.1, 0.15) is 55.5 Å². The van der Waals surface area contributed by atoms with Crippen LogP contribution in [-0.2, 0) is 14.4 Å². The molecule has 0 radical (unpaired) electrons. The third-order valence-electron chi connectivity index (χ3n) is 6.03. The van der Waals surface area contributed by atoms with Gasteiger partial charge in [-0.05, 0) is 51.1 Å². The van der Waals surface area contributed by atoms with E-state index in [0.29, 0.717) is 38.3 Å². The normalized spacial score (nSPS) is 20.4. The Morgan fingerprint density at radius 2 is 2.00 bits per heavy atom. The Labute approximate surface area is 186 Å². The minimum absolute atomic E-state index is 0.0572. The second-order valence-electron chi connectivity index (χ2n) is 8.42. The van der Waals surface area contributed by atoms with Gasteiger partial charge in [-0.2, -0.15) is 0 Å². The predicted molar refractivity (Wildman–Crippen MR) is 112 cm³/mol. The summed E-state index contributed by atoms with van der Waals surface area (Å²) in [4.78, 5) is 50.5. The first-order chi connectivity index (χ1) is 15.4. The summed E-state index contributed by atoms with van der Waals surface area (Å²) >= 11 is 0. The molecule has 0 unspecified atom stereocenters. The molecular formula is C21H31N5O6. The van der Waals surface area contributed by atoms with Crippen molar-refractivity contribution in [1.82, 2.24) is 26.0 Å². The van der Waals surface area contributed by atoms with Crippen LogP contribution < -0.4 is 16.0 Å². The summed E-state index contributed by atoms with van der Waals surface area (Å²) in [6, 6.07) is 1.34. The molecule has 2 atom stereocenters. The lowest BCUT2D eigenvalue weighted by Crippen LogP contribution is -2.53. The maximum atomic E-state index is 12.8. The van der Waals surface area contributed by atoms with Crippen LogP contribution in [0.15, 0.2) is 16.8 Å². The van der Waals surface area contributed by atoms with E-state index in [1.54, 1.807) is 4.90 Å². The third kappa shape index (κ3) is 7.04. The highest BCUT2D eigenvalue weighted by molar-refractivity contribution is 5.92. The first-order valence-corrected chi connectivity index (χ1v) is 11.1. The Balaban J connectivity index is 1.50. The summed E-state index contributed by atoms with van der Waals surface area (Å²) in [7, 11) is 0. The summed E-state index contributed by atoms with van der Waals surface area (Å²) in [6.45, 7) is 2.91. The van der Waals surface area contributed by atoms with Gasteiger partial charge in [0.05, 0.1) is 18.5 Å². The van der Waals surface area contributed by atoms with E-state index in [0.717, 1.165) is 32.4 Å². The van der Waals surface area contributed by atoms with Gasteiger partial charge in [-0.25, -0.2) is 0 Å². The van der Waals surface area contributed by atoms with Crippen molar-refractivity contribution in [3.05, 3.63) is 18.0 Å². The number of nitrogens with one attached hydrogen (secondary N) is 3. The van der Waals surface area contributed by atoms with Crippen molar-refractivity contribution in [2.45, 2.75) is 51.1 Å². The Morgan fingerprint density at radius 1 is 1.22 bits per heavy atom. The molecule has 0 spiro atoms. The summed E-state index contributed by atoms with van der Waals surface area (Å²) in [5.41, 5.74) is 0. The van der Waals surface area contributed by atoms with Gasteiger partial charge in [-0.1, -0.05) is 5.16 Å². The molecular weight excluding hydrogens is 418 g/mol. The molecule has 0 aromatic carbocycles. The maximum absolute atomic E-state index is 12.8. The van der Waals surface area contributed by atoms with Gasteiger partial charge in [0.2, 0.25) is 17.6 Å². The molecule has 3 amide bonds. The molecule has 11 nitrogen and oxygen atoms in total. The lowest BCUT2D eigenvalue weighted by molar-refractivity contribution is -0.138. The second-order valence-corrected chi connectivity index (χ2v) is 8.42. The number of carbonyl (C=O) groups excluding carboxylic acids is 3. The first-order valence-electron chi connectivity index (χ1n) is 11.1. The fraction of sp³-hybridized carbons (Fsp3) is 0.667. The molecule has 0 saturated carbocycles. The second kappa shape index (κ2) is 11.6. The zero-order chi connectivity index (χ0) is 22.9. The van der Waals surface area contributed by atoms with E-state index in [1.807, 2.05) is 0 Å². The lowest BCUT2D eigenvalue weighted by Gasteiger charge is -2.33. The number of amides is 3. The molecule has 176 valence electrons. The minimum atomic E-state index is -1.17. The number of piperidine rings is 2. The highest BCUT2D eigenvalue weighted by Gasteiger charge is 2.31. The molecule has 2 saturated heterocycles. The van der Waals surface area contributed by atoms with Gasteiger partial charge < -0.3 is 30.5 Å². The average molecular weight is 450 g/mol. The standard InChI is InChI=1S/C21H31N5O6/c27-18(4-3-14-5-8-22-9-6-14)26-11-1-2-15(13-26)20(30)24-17(12-19(28)29)25-21(31)16-7-10-23-32-16/h7,10,14-15,17,22H,1-6,8-9,11-13H2,(H,24,30)(H,25,31)(H,28,29)/t15-,17+/m1/s1. The van der Waals surface area contributed by atoms with Crippen molar-refractivity contribution >= 4 is 23.7 Å². The zero-order valence-corrected chi connectivity index (χ0v) is 18.0. The zero-order valence-electron chi connectivity index (χ0n) is 18.0. The van der Waals surface area contributed by atoms with Gasteiger partial charge >= 0.3 is 5.97 Å². The Bertz CT molecular complexity index is 793. The quantitative estimate of drug-likeness (QED) is 0.394. The largest absolute Gasteiger partial charge is 0.481 e. The van der Waals surface area contributed by atoms with Crippen molar-refractivity contribution in [3.63, 3.8) is 0 Å². The van der Waals surface area contributed by atoms with Crippen LogP contribution in [0.4, 0.5) is 0 Å². The molecule has 4 N–H and O–H groups in total. The number of carboxylic acids is 1. The molecule has 0 aliphatic carbocycles. The maximum Gasteiger partial charge on any atom is 0.307 e. The van der Waals surface area contributed by atoms with Gasteiger partial charge in [0.15, 0.2) is 0 Å². The summed E-state index contributed by atoms with van der Waals surface area (Å²) in [5.74, 6) is -2.15. The van der Waals surface area contributed by atoms with Crippen LogP contribution in [0.2, 0.25) is 0 Å². The SMILES string of the molecule is O=C(O)C[C@H](NC(=O)c1ccno1)NC(=O)[C@@H]1CCCN(C(=O)CCC2CCNCC2)C1. The van der Waals surface area contributed by atoms with Crippen LogP contribution in [0.3, 0.4) is 0 Å². The number of likely N-dealkylation sites (tertiary alicyclic amines) is 1. The van der Waals surface area contributed by atoms with E-state index in [4.69, 9.17) is 9.63 Å². The number of carboxylic acid groups (broad SMARTS) is 1. The van der Waals surface area contributed by atoms with Crippen molar-refractivity contribution in [3.8, 4) is 0 Å². The predicted octanol–water partition coefficient (Wildman–Crippen LogP) is 0.340. The van der Waals surface area contributed by atoms with Crippen molar-refractivity contribution in [2.75, 3.05) is 26.2 Å². The molecule has 2 aliphatic rings. The van der Waals surface area contributed by atoms with Crippen molar-refractivity contribution < 1.29 is 28.8 Å². The number of aromatic nitrogens is 1. The molecule has 1 aromatic rings. The van der Waals surface area contributed by atoms with E-state index in [2.05, 4.69) is 21.1 Å². The molecule has 0 bridgehead atoms. The fourth-order valence-corrected chi connectivity index (χ4v) is 4.24.